The summed E-state index contributed by atoms with van der Waals surface area (Å²) in [4.78, 5) is 15.7. The van der Waals surface area contributed by atoms with E-state index in [4.69, 9.17) is 5.73 Å². The average molecular weight is 271 g/mol. The molecular weight excluding hydrogens is 254 g/mol. The molecule has 0 aliphatic carbocycles. The van der Waals surface area contributed by atoms with Crippen molar-refractivity contribution >= 4 is 17.3 Å². The van der Waals surface area contributed by atoms with Crippen molar-refractivity contribution in [3.05, 3.63) is 53.3 Å². The number of anilines is 2. The number of ether oxygens (including phenoxy) is 1. The summed E-state index contributed by atoms with van der Waals surface area (Å²) in [5.41, 5.74) is 9.65. The zero-order chi connectivity index (χ0) is 14.5. The maximum Gasteiger partial charge on any atom is 0.337 e. The lowest BCUT2D eigenvalue weighted by atomic mass is 10.1. The van der Waals surface area contributed by atoms with Crippen LogP contribution in [0.4, 0.5) is 11.4 Å². The highest BCUT2D eigenvalue weighted by molar-refractivity contribution is 5.91. The molecule has 0 amide bonds. The first kappa shape index (κ1) is 13.9. The minimum atomic E-state index is -0.384. The first-order valence-corrected chi connectivity index (χ1v) is 6.23. The van der Waals surface area contributed by atoms with Gasteiger partial charge in [0.25, 0.3) is 0 Å². The maximum absolute atomic E-state index is 11.5. The molecule has 2 aromatic rings. The third-order valence-electron chi connectivity index (χ3n) is 2.93. The second kappa shape index (κ2) is 6.06. The Kier molecular flexibility index (Phi) is 4.20. The van der Waals surface area contributed by atoms with Crippen molar-refractivity contribution in [1.82, 2.24) is 4.98 Å². The van der Waals surface area contributed by atoms with Crippen LogP contribution in [-0.2, 0) is 11.3 Å². The molecule has 5 heteroatoms. The Morgan fingerprint density at radius 3 is 2.80 bits per heavy atom. The fraction of sp³-hybridized carbons (Fsp3) is 0.200. The summed E-state index contributed by atoms with van der Waals surface area (Å²) in [5.74, 6) is -0.384. The molecule has 0 saturated heterocycles. The molecule has 104 valence electrons. The molecule has 0 spiro atoms. The van der Waals surface area contributed by atoms with Crippen LogP contribution in [-0.4, -0.2) is 18.1 Å². The summed E-state index contributed by atoms with van der Waals surface area (Å²) in [5, 5.41) is 3.20. The zero-order valence-electron chi connectivity index (χ0n) is 11.5. The summed E-state index contributed by atoms with van der Waals surface area (Å²) in [6.07, 6.45) is 1.81. The highest BCUT2D eigenvalue weighted by Gasteiger charge is 2.08. The standard InChI is InChI=1S/C15H17N3O2/c1-10-3-4-11(8-17-10)9-18-14-7-12(15(19)20-2)5-6-13(14)16/h3-8,18H,9,16H2,1-2H3. The number of nitrogens with zero attached hydrogens (tertiary/aromatic N) is 1. The Morgan fingerprint density at radius 2 is 2.15 bits per heavy atom. The van der Waals surface area contributed by atoms with Crippen LogP contribution in [0.1, 0.15) is 21.6 Å². The van der Waals surface area contributed by atoms with Gasteiger partial charge in [0.2, 0.25) is 0 Å². The summed E-state index contributed by atoms with van der Waals surface area (Å²) in [6, 6.07) is 8.95. The maximum atomic E-state index is 11.5. The van der Waals surface area contributed by atoms with Gasteiger partial charge in [-0.05, 0) is 36.8 Å². The summed E-state index contributed by atoms with van der Waals surface area (Å²) in [7, 11) is 1.35. The topological polar surface area (TPSA) is 77.2 Å². The SMILES string of the molecule is COC(=O)c1ccc(N)c(NCc2ccc(C)nc2)c1. The van der Waals surface area contributed by atoms with E-state index in [9.17, 15) is 4.79 Å². The lowest BCUT2D eigenvalue weighted by Gasteiger charge is -2.11. The van der Waals surface area contributed by atoms with Crippen molar-refractivity contribution in [2.24, 2.45) is 0 Å². The molecule has 0 unspecified atom stereocenters. The number of nitrogens with one attached hydrogen (secondary N) is 1. The van der Waals surface area contributed by atoms with Crippen LogP contribution < -0.4 is 11.1 Å². The Bertz CT molecular complexity index is 609. The molecule has 0 aliphatic rings. The molecule has 20 heavy (non-hydrogen) atoms. The number of pyridine rings is 1. The van der Waals surface area contributed by atoms with E-state index in [1.165, 1.54) is 7.11 Å². The predicted octanol–water partition coefficient (Wildman–Crippen LogP) is 2.37. The van der Waals surface area contributed by atoms with Crippen LogP contribution in [0.5, 0.6) is 0 Å². The summed E-state index contributed by atoms with van der Waals surface area (Å²) < 4.78 is 4.69. The summed E-state index contributed by atoms with van der Waals surface area (Å²) in [6.45, 7) is 2.52. The first-order chi connectivity index (χ1) is 9.60. The Morgan fingerprint density at radius 1 is 1.35 bits per heavy atom. The monoisotopic (exact) mass is 271 g/mol. The van der Waals surface area contributed by atoms with E-state index in [0.717, 1.165) is 11.3 Å². The number of nitrogen functional groups attached to an aromatic ring is 1. The third-order valence-corrected chi connectivity index (χ3v) is 2.93. The van der Waals surface area contributed by atoms with Gasteiger partial charge in [-0.2, -0.15) is 0 Å². The average Bonchev–Trinajstić information content (AvgIpc) is 2.47. The number of methoxy groups -OCH3 is 1. The molecule has 0 fully saturated rings. The Labute approximate surface area is 117 Å². The van der Waals surface area contributed by atoms with Gasteiger partial charge in [0.15, 0.2) is 0 Å². The van der Waals surface area contributed by atoms with Crippen molar-refractivity contribution < 1.29 is 9.53 Å². The van der Waals surface area contributed by atoms with E-state index < -0.39 is 0 Å². The van der Waals surface area contributed by atoms with Crippen LogP contribution in [0.3, 0.4) is 0 Å². The zero-order valence-corrected chi connectivity index (χ0v) is 11.5. The molecule has 3 N–H and O–H groups in total. The molecule has 0 saturated carbocycles. The summed E-state index contributed by atoms with van der Waals surface area (Å²) >= 11 is 0. The quantitative estimate of drug-likeness (QED) is 0.659. The molecule has 0 atom stereocenters. The van der Waals surface area contributed by atoms with E-state index in [0.29, 0.717) is 23.5 Å². The first-order valence-electron chi connectivity index (χ1n) is 6.23. The molecule has 1 aromatic heterocycles. The molecule has 0 bridgehead atoms. The van der Waals surface area contributed by atoms with Crippen LogP contribution in [0.15, 0.2) is 36.5 Å². The van der Waals surface area contributed by atoms with Gasteiger partial charge >= 0.3 is 5.97 Å². The van der Waals surface area contributed by atoms with Crippen molar-refractivity contribution in [3.63, 3.8) is 0 Å². The number of rotatable bonds is 4. The predicted molar refractivity (Wildman–Crippen MR) is 78.5 cm³/mol. The fourth-order valence-corrected chi connectivity index (χ4v) is 1.75. The van der Waals surface area contributed by atoms with Crippen molar-refractivity contribution in [3.8, 4) is 0 Å². The van der Waals surface area contributed by atoms with E-state index >= 15 is 0 Å². The van der Waals surface area contributed by atoms with E-state index in [2.05, 4.69) is 15.0 Å². The van der Waals surface area contributed by atoms with E-state index in [-0.39, 0.29) is 5.97 Å². The van der Waals surface area contributed by atoms with Gasteiger partial charge in [0.1, 0.15) is 0 Å². The van der Waals surface area contributed by atoms with Gasteiger partial charge in [-0.25, -0.2) is 4.79 Å². The number of benzene rings is 1. The van der Waals surface area contributed by atoms with Crippen molar-refractivity contribution in [2.45, 2.75) is 13.5 Å². The molecular formula is C15H17N3O2. The highest BCUT2D eigenvalue weighted by Crippen LogP contribution is 2.21. The van der Waals surface area contributed by atoms with Crippen molar-refractivity contribution in [2.75, 3.05) is 18.2 Å². The minimum absolute atomic E-state index is 0.384. The van der Waals surface area contributed by atoms with Crippen LogP contribution in [0, 0.1) is 6.92 Å². The number of aryl methyl sites for hydroxylation is 1. The number of nitrogens with two attached hydrogens (primary N) is 1. The normalized spacial score (nSPS) is 10.1. The van der Waals surface area contributed by atoms with Gasteiger partial charge in [-0.3, -0.25) is 4.98 Å². The number of aromatic nitrogens is 1. The largest absolute Gasteiger partial charge is 0.465 e. The number of carbonyl (C=O) groups excluding carboxylic acids is 1. The lowest BCUT2D eigenvalue weighted by Crippen LogP contribution is -2.06. The molecule has 0 aliphatic heterocycles. The van der Waals surface area contributed by atoms with E-state index in [1.807, 2.05) is 25.3 Å². The van der Waals surface area contributed by atoms with Gasteiger partial charge in [0, 0.05) is 18.4 Å². The number of esters is 1. The number of hydrogen-bond acceptors (Lipinski definition) is 5. The molecule has 1 heterocycles. The Hall–Kier alpha value is -2.56. The molecule has 0 radical (unpaired) electrons. The van der Waals surface area contributed by atoms with Crippen LogP contribution in [0.25, 0.3) is 0 Å². The van der Waals surface area contributed by atoms with Gasteiger partial charge in [-0.1, -0.05) is 6.07 Å². The lowest BCUT2D eigenvalue weighted by molar-refractivity contribution is 0.0601. The van der Waals surface area contributed by atoms with Crippen LogP contribution >= 0.6 is 0 Å². The van der Waals surface area contributed by atoms with Gasteiger partial charge in [-0.15, -0.1) is 0 Å². The Balaban J connectivity index is 2.12. The fourth-order valence-electron chi connectivity index (χ4n) is 1.75. The van der Waals surface area contributed by atoms with Gasteiger partial charge < -0.3 is 15.8 Å². The minimum Gasteiger partial charge on any atom is -0.465 e. The smallest absolute Gasteiger partial charge is 0.337 e. The number of hydrogen-bond donors (Lipinski definition) is 2. The van der Waals surface area contributed by atoms with Crippen molar-refractivity contribution in [1.29, 1.82) is 0 Å². The van der Waals surface area contributed by atoms with E-state index in [1.54, 1.807) is 18.2 Å². The number of carbonyl (C=O) groups is 1. The molecule has 2 rings (SSSR count). The third kappa shape index (κ3) is 3.26. The van der Waals surface area contributed by atoms with Gasteiger partial charge in [0.05, 0.1) is 24.0 Å². The second-order valence-corrected chi connectivity index (χ2v) is 4.45. The van der Waals surface area contributed by atoms with Crippen LogP contribution in [0.2, 0.25) is 0 Å². The highest BCUT2D eigenvalue weighted by atomic mass is 16.5. The molecule has 5 nitrogen and oxygen atoms in total. The molecule has 1 aromatic carbocycles. The second-order valence-electron chi connectivity index (χ2n) is 4.45.